The number of rotatable bonds is 5. The van der Waals surface area contributed by atoms with Gasteiger partial charge in [0.15, 0.2) is 0 Å². The van der Waals surface area contributed by atoms with Crippen LogP contribution in [0.4, 0.5) is 0 Å². The van der Waals surface area contributed by atoms with Gasteiger partial charge in [-0.1, -0.05) is 6.07 Å². The predicted octanol–water partition coefficient (Wildman–Crippen LogP) is 3.15. The summed E-state index contributed by atoms with van der Waals surface area (Å²) in [5.74, 6) is 0.0529. The van der Waals surface area contributed by atoms with Crippen molar-refractivity contribution in [2.45, 2.75) is 13.5 Å². The lowest BCUT2D eigenvalue weighted by molar-refractivity contribution is -0.126. The molecular weight excluding hydrogens is 256 g/mol. The van der Waals surface area contributed by atoms with Gasteiger partial charge in [0, 0.05) is 36.4 Å². The molecule has 2 aromatic heterocycles. The molecular formula is C15H18N2OS. The standard InChI is InChI=1S/C15H18N2OS/c1-3-17(12-14-7-5-11-19-14)15(18)9-8-13-6-4-10-16(13)2/h4-11H,3,12H2,1-2H3. The van der Waals surface area contributed by atoms with E-state index in [-0.39, 0.29) is 5.91 Å². The summed E-state index contributed by atoms with van der Waals surface area (Å²) < 4.78 is 1.99. The first-order valence-corrected chi connectivity index (χ1v) is 7.19. The molecule has 0 bridgehead atoms. The third-order valence-corrected chi connectivity index (χ3v) is 3.86. The largest absolute Gasteiger partial charge is 0.351 e. The first-order chi connectivity index (χ1) is 9.20. The van der Waals surface area contributed by atoms with Gasteiger partial charge in [-0.3, -0.25) is 4.79 Å². The number of aryl methyl sites for hydroxylation is 1. The van der Waals surface area contributed by atoms with Crippen LogP contribution in [0.25, 0.3) is 6.08 Å². The van der Waals surface area contributed by atoms with Gasteiger partial charge in [-0.25, -0.2) is 0 Å². The Morgan fingerprint density at radius 2 is 2.26 bits per heavy atom. The van der Waals surface area contributed by atoms with Crippen LogP contribution < -0.4 is 0 Å². The van der Waals surface area contributed by atoms with Crippen molar-refractivity contribution in [2.75, 3.05) is 6.54 Å². The second-order valence-electron chi connectivity index (χ2n) is 4.31. The summed E-state index contributed by atoms with van der Waals surface area (Å²) >= 11 is 1.68. The van der Waals surface area contributed by atoms with Crippen LogP contribution in [0.1, 0.15) is 17.5 Å². The number of hydrogen-bond acceptors (Lipinski definition) is 2. The fourth-order valence-electron chi connectivity index (χ4n) is 1.85. The quantitative estimate of drug-likeness (QED) is 0.769. The zero-order valence-electron chi connectivity index (χ0n) is 11.2. The van der Waals surface area contributed by atoms with E-state index in [0.717, 1.165) is 5.69 Å². The number of aromatic nitrogens is 1. The molecule has 0 aliphatic rings. The summed E-state index contributed by atoms with van der Waals surface area (Å²) in [5.41, 5.74) is 1.03. The van der Waals surface area contributed by atoms with Crippen molar-refractivity contribution in [3.63, 3.8) is 0 Å². The Morgan fingerprint density at radius 3 is 2.84 bits per heavy atom. The van der Waals surface area contributed by atoms with Crippen LogP contribution in [0, 0.1) is 0 Å². The van der Waals surface area contributed by atoms with E-state index in [2.05, 4.69) is 6.07 Å². The molecule has 0 aliphatic carbocycles. The average molecular weight is 274 g/mol. The highest BCUT2D eigenvalue weighted by molar-refractivity contribution is 7.09. The Kier molecular flexibility index (Phi) is 4.58. The zero-order chi connectivity index (χ0) is 13.7. The number of amides is 1. The SMILES string of the molecule is CCN(Cc1cccs1)C(=O)C=Cc1cccn1C. The Hall–Kier alpha value is -1.81. The number of likely N-dealkylation sites (N-methyl/N-ethyl adjacent to an activating group) is 1. The topological polar surface area (TPSA) is 25.2 Å². The summed E-state index contributed by atoms with van der Waals surface area (Å²) in [5, 5.41) is 2.04. The lowest BCUT2D eigenvalue weighted by atomic mass is 10.3. The van der Waals surface area contributed by atoms with Gasteiger partial charge in [0.05, 0.1) is 6.54 Å². The molecule has 19 heavy (non-hydrogen) atoms. The Balaban J connectivity index is 2.01. The molecule has 0 unspecified atom stereocenters. The van der Waals surface area contributed by atoms with Crippen molar-refractivity contribution in [1.29, 1.82) is 0 Å². The summed E-state index contributed by atoms with van der Waals surface area (Å²) in [6.45, 7) is 3.40. The van der Waals surface area contributed by atoms with E-state index in [0.29, 0.717) is 13.1 Å². The van der Waals surface area contributed by atoms with Gasteiger partial charge in [-0.15, -0.1) is 11.3 Å². The molecule has 0 N–H and O–H groups in total. The van der Waals surface area contributed by atoms with Crippen molar-refractivity contribution < 1.29 is 4.79 Å². The molecule has 0 aliphatic heterocycles. The molecule has 0 atom stereocenters. The third-order valence-electron chi connectivity index (χ3n) is 3.00. The smallest absolute Gasteiger partial charge is 0.246 e. The molecule has 4 heteroatoms. The number of carbonyl (C=O) groups excluding carboxylic acids is 1. The molecule has 1 amide bonds. The maximum Gasteiger partial charge on any atom is 0.246 e. The van der Waals surface area contributed by atoms with Crippen molar-refractivity contribution in [3.05, 3.63) is 52.5 Å². The van der Waals surface area contributed by atoms with E-state index < -0.39 is 0 Å². The summed E-state index contributed by atoms with van der Waals surface area (Å²) in [6.07, 6.45) is 5.47. The Labute approximate surface area is 117 Å². The fraction of sp³-hybridized carbons (Fsp3) is 0.267. The maximum atomic E-state index is 12.1. The summed E-state index contributed by atoms with van der Waals surface area (Å²) in [6, 6.07) is 8.02. The molecule has 3 nitrogen and oxygen atoms in total. The second-order valence-corrected chi connectivity index (χ2v) is 5.34. The second kappa shape index (κ2) is 6.38. The summed E-state index contributed by atoms with van der Waals surface area (Å²) in [7, 11) is 1.97. The van der Waals surface area contributed by atoms with Crippen LogP contribution >= 0.6 is 11.3 Å². The number of carbonyl (C=O) groups is 1. The van der Waals surface area contributed by atoms with Gasteiger partial charge < -0.3 is 9.47 Å². The van der Waals surface area contributed by atoms with E-state index in [4.69, 9.17) is 0 Å². The average Bonchev–Trinajstić information content (AvgIpc) is 3.04. The Morgan fingerprint density at radius 1 is 1.42 bits per heavy atom. The molecule has 2 rings (SSSR count). The molecule has 0 spiro atoms. The van der Waals surface area contributed by atoms with Gasteiger partial charge in [0.1, 0.15) is 0 Å². The van der Waals surface area contributed by atoms with E-state index in [9.17, 15) is 4.79 Å². The van der Waals surface area contributed by atoms with E-state index in [1.807, 2.05) is 59.3 Å². The highest BCUT2D eigenvalue weighted by Crippen LogP contribution is 2.12. The molecule has 2 aromatic rings. The van der Waals surface area contributed by atoms with Gasteiger partial charge in [0.2, 0.25) is 5.91 Å². The highest BCUT2D eigenvalue weighted by atomic mass is 32.1. The van der Waals surface area contributed by atoms with Crippen LogP contribution in [0.2, 0.25) is 0 Å². The van der Waals surface area contributed by atoms with Crippen LogP contribution in [-0.4, -0.2) is 21.9 Å². The monoisotopic (exact) mass is 274 g/mol. The molecule has 100 valence electrons. The highest BCUT2D eigenvalue weighted by Gasteiger charge is 2.09. The molecule has 0 fully saturated rings. The first-order valence-electron chi connectivity index (χ1n) is 6.31. The molecule has 0 radical (unpaired) electrons. The lowest BCUT2D eigenvalue weighted by Gasteiger charge is -2.18. The number of nitrogens with zero attached hydrogens (tertiary/aromatic N) is 2. The molecule has 0 saturated heterocycles. The Bertz CT molecular complexity index is 554. The minimum atomic E-state index is 0.0529. The predicted molar refractivity (Wildman–Crippen MR) is 79.9 cm³/mol. The van der Waals surface area contributed by atoms with Gasteiger partial charge in [0.25, 0.3) is 0 Å². The molecule has 0 saturated carbocycles. The lowest BCUT2D eigenvalue weighted by Crippen LogP contribution is -2.28. The van der Waals surface area contributed by atoms with E-state index in [1.54, 1.807) is 17.4 Å². The van der Waals surface area contributed by atoms with Crippen molar-refractivity contribution in [3.8, 4) is 0 Å². The fourth-order valence-corrected chi connectivity index (χ4v) is 2.57. The minimum Gasteiger partial charge on any atom is -0.351 e. The minimum absolute atomic E-state index is 0.0529. The van der Waals surface area contributed by atoms with Gasteiger partial charge in [-0.2, -0.15) is 0 Å². The van der Waals surface area contributed by atoms with Gasteiger partial charge in [-0.05, 0) is 36.6 Å². The molecule has 2 heterocycles. The first kappa shape index (κ1) is 13.6. The van der Waals surface area contributed by atoms with Crippen molar-refractivity contribution in [1.82, 2.24) is 9.47 Å². The molecule has 0 aromatic carbocycles. The zero-order valence-corrected chi connectivity index (χ0v) is 12.1. The van der Waals surface area contributed by atoms with Crippen LogP contribution in [0.3, 0.4) is 0 Å². The van der Waals surface area contributed by atoms with Crippen molar-refractivity contribution >= 4 is 23.3 Å². The van der Waals surface area contributed by atoms with Crippen LogP contribution in [0.15, 0.2) is 41.9 Å². The van der Waals surface area contributed by atoms with Crippen LogP contribution in [0.5, 0.6) is 0 Å². The van der Waals surface area contributed by atoms with Gasteiger partial charge >= 0.3 is 0 Å². The number of thiophene rings is 1. The third kappa shape index (κ3) is 3.58. The number of hydrogen-bond donors (Lipinski definition) is 0. The maximum absolute atomic E-state index is 12.1. The normalized spacial score (nSPS) is 11.1. The van der Waals surface area contributed by atoms with Crippen LogP contribution in [-0.2, 0) is 18.4 Å². The summed E-state index contributed by atoms with van der Waals surface area (Å²) in [4.78, 5) is 15.2. The van der Waals surface area contributed by atoms with E-state index in [1.165, 1.54) is 4.88 Å². The van der Waals surface area contributed by atoms with Crippen molar-refractivity contribution in [2.24, 2.45) is 7.05 Å². The van der Waals surface area contributed by atoms with E-state index >= 15 is 0 Å².